The summed E-state index contributed by atoms with van der Waals surface area (Å²) in [5.41, 5.74) is 2.13. The summed E-state index contributed by atoms with van der Waals surface area (Å²) < 4.78 is 14.4. The van der Waals surface area contributed by atoms with Crippen molar-refractivity contribution >= 4 is 24.0 Å². The molecule has 2 saturated carbocycles. The molecule has 5 heteroatoms. The first kappa shape index (κ1) is 14.8. The highest BCUT2D eigenvalue weighted by atomic mass is 35.5. The number of fused-ring (bicyclic) bond motifs is 2. The van der Waals surface area contributed by atoms with E-state index >= 15 is 0 Å². The van der Waals surface area contributed by atoms with Gasteiger partial charge in [0.05, 0.1) is 5.69 Å². The summed E-state index contributed by atoms with van der Waals surface area (Å²) in [4.78, 5) is 12.2. The van der Waals surface area contributed by atoms with Crippen molar-refractivity contribution in [3.05, 3.63) is 29.1 Å². The first-order valence-electron chi connectivity index (χ1n) is 7.57. The molecule has 1 heterocycles. The molecular formula is C16H20ClFN2O. The van der Waals surface area contributed by atoms with E-state index in [1.54, 1.807) is 6.07 Å². The fraction of sp³-hybridized carbons (Fsp3) is 0.562. The zero-order chi connectivity index (χ0) is 13.7. The van der Waals surface area contributed by atoms with Crippen molar-refractivity contribution in [1.82, 2.24) is 5.32 Å². The third-order valence-corrected chi connectivity index (χ3v) is 5.17. The molecule has 0 spiro atoms. The molecule has 2 fully saturated rings. The molecule has 1 aromatic carbocycles. The van der Waals surface area contributed by atoms with Crippen LogP contribution in [0.2, 0.25) is 0 Å². The van der Waals surface area contributed by atoms with Gasteiger partial charge in [-0.15, -0.1) is 12.4 Å². The predicted molar refractivity (Wildman–Crippen MR) is 82.0 cm³/mol. The van der Waals surface area contributed by atoms with E-state index < -0.39 is 0 Å². The van der Waals surface area contributed by atoms with E-state index in [4.69, 9.17) is 0 Å². The van der Waals surface area contributed by atoms with E-state index in [1.165, 1.54) is 19.3 Å². The number of rotatable bonds is 2. The van der Waals surface area contributed by atoms with Crippen molar-refractivity contribution in [2.24, 2.45) is 17.8 Å². The summed E-state index contributed by atoms with van der Waals surface area (Å²) in [6.07, 6.45) is 4.28. The number of carbonyl (C=O) groups is 1. The summed E-state index contributed by atoms with van der Waals surface area (Å²) in [5.74, 6) is 1.07. The second-order valence-electron chi connectivity index (χ2n) is 6.27. The Bertz CT molecular complexity index is 568. The van der Waals surface area contributed by atoms with Crippen LogP contribution in [0.5, 0.6) is 0 Å². The Morgan fingerprint density at radius 1 is 1.29 bits per heavy atom. The van der Waals surface area contributed by atoms with E-state index in [1.807, 2.05) is 6.07 Å². The van der Waals surface area contributed by atoms with E-state index in [9.17, 15) is 9.18 Å². The molecule has 3 aliphatic rings. The Morgan fingerprint density at radius 3 is 2.81 bits per heavy atom. The average molecular weight is 311 g/mol. The van der Waals surface area contributed by atoms with Crippen LogP contribution in [0.15, 0.2) is 12.1 Å². The molecule has 0 radical (unpaired) electrons. The topological polar surface area (TPSA) is 41.1 Å². The van der Waals surface area contributed by atoms with Gasteiger partial charge in [0.25, 0.3) is 0 Å². The third kappa shape index (κ3) is 2.44. The van der Waals surface area contributed by atoms with Crippen molar-refractivity contribution in [3.8, 4) is 0 Å². The quantitative estimate of drug-likeness (QED) is 0.882. The van der Waals surface area contributed by atoms with Gasteiger partial charge in [0.15, 0.2) is 0 Å². The monoisotopic (exact) mass is 310 g/mol. The van der Waals surface area contributed by atoms with Crippen molar-refractivity contribution in [3.63, 3.8) is 0 Å². The maximum atomic E-state index is 14.4. The highest BCUT2D eigenvalue weighted by Crippen LogP contribution is 2.57. The average Bonchev–Trinajstić information content (AvgIpc) is 2.96. The summed E-state index contributed by atoms with van der Waals surface area (Å²) in [7, 11) is 0. The molecule has 114 valence electrons. The maximum absolute atomic E-state index is 14.4. The van der Waals surface area contributed by atoms with Gasteiger partial charge in [-0.25, -0.2) is 4.39 Å². The standard InChI is InChI=1S/C16H19FN2O.ClH/c17-15-10-6-7-18-8-9(10)4-5-13(15)19-16(20)14-11-2-1-3-12(11)14;/h4-5,11-12,14,18H,1-3,6-8H2,(H,19,20);1H. The molecule has 1 aromatic rings. The largest absolute Gasteiger partial charge is 0.323 e. The Kier molecular flexibility index (Phi) is 3.93. The van der Waals surface area contributed by atoms with Gasteiger partial charge >= 0.3 is 0 Å². The Morgan fingerprint density at radius 2 is 2.05 bits per heavy atom. The molecule has 0 bridgehead atoms. The highest BCUT2D eigenvalue weighted by Gasteiger charge is 2.56. The van der Waals surface area contributed by atoms with E-state index in [0.717, 1.165) is 17.7 Å². The lowest BCUT2D eigenvalue weighted by atomic mass is 9.99. The minimum Gasteiger partial charge on any atom is -0.323 e. The van der Waals surface area contributed by atoms with Gasteiger partial charge in [-0.2, -0.15) is 0 Å². The van der Waals surface area contributed by atoms with Crippen molar-refractivity contribution in [1.29, 1.82) is 0 Å². The minimum atomic E-state index is -0.233. The van der Waals surface area contributed by atoms with Crippen LogP contribution in [-0.4, -0.2) is 12.5 Å². The first-order valence-corrected chi connectivity index (χ1v) is 7.57. The SMILES string of the molecule is Cl.O=C(Nc1ccc2c(c1F)CCNC2)C1C2CCCC21. The smallest absolute Gasteiger partial charge is 0.228 e. The molecular weight excluding hydrogens is 291 g/mol. The van der Waals surface area contributed by atoms with E-state index in [0.29, 0.717) is 30.5 Å². The number of carbonyl (C=O) groups excluding carboxylic acids is 1. The molecule has 2 atom stereocenters. The maximum Gasteiger partial charge on any atom is 0.228 e. The Hall–Kier alpha value is -1.13. The molecule has 1 aliphatic heterocycles. The van der Waals surface area contributed by atoms with E-state index in [2.05, 4.69) is 10.6 Å². The second kappa shape index (κ2) is 5.58. The first-order chi connectivity index (χ1) is 9.75. The number of nitrogens with one attached hydrogen (secondary N) is 2. The zero-order valence-corrected chi connectivity index (χ0v) is 12.6. The summed E-state index contributed by atoms with van der Waals surface area (Å²) in [5, 5.41) is 6.05. The predicted octanol–water partition coefficient (Wildman–Crippen LogP) is 2.88. The fourth-order valence-electron chi connectivity index (χ4n) is 4.06. The van der Waals surface area contributed by atoms with Gasteiger partial charge in [-0.1, -0.05) is 12.5 Å². The van der Waals surface area contributed by atoms with Crippen LogP contribution >= 0.6 is 12.4 Å². The number of hydrogen-bond donors (Lipinski definition) is 2. The number of anilines is 1. The van der Waals surface area contributed by atoms with E-state index in [-0.39, 0.29) is 30.0 Å². The lowest BCUT2D eigenvalue weighted by molar-refractivity contribution is -0.118. The highest BCUT2D eigenvalue weighted by molar-refractivity contribution is 5.95. The lowest BCUT2D eigenvalue weighted by Gasteiger charge is -2.19. The van der Waals surface area contributed by atoms with Crippen molar-refractivity contribution < 1.29 is 9.18 Å². The van der Waals surface area contributed by atoms with Crippen LogP contribution in [-0.2, 0) is 17.8 Å². The molecule has 1 amide bonds. The van der Waals surface area contributed by atoms with Gasteiger partial charge in [0, 0.05) is 12.5 Å². The van der Waals surface area contributed by atoms with Crippen LogP contribution in [0.3, 0.4) is 0 Å². The zero-order valence-electron chi connectivity index (χ0n) is 11.8. The Balaban J connectivity index is 0.00000132. The van der Waals surface area contributed by atoms with Gasteiger partial charge in [0.2, 0.25) is 5.91 Å². The lowest BCUT2D eigenvalue weighted by Crippen LogP contribution is -2.25. The molecule has 3 nitrogen and oxygen atoms in total. The normalized spacial score (nSPS) is 29.1. The van der Waals surface area contributed by atoms with Crippen molar-refractivity contribution in [2.45, 2.75) is 32.2 Å². The Labute approximate surface area is 130 Å². The molecule has 21 heavy (non-hydrogen) atoms. The third-order valence-electron chi connectivity index (χ3n) is 5.17. The van der Waals surface area contributed by atoms with Crippen LogP contribution in [0.4, 0.5) is 10.1 Å². The minimum absolute atomic E-state index is 0. The molecule has 2 unspecified atom stereocenters. The number of hydrogen-bond acceptors (Lipinski definition) is 2. The van der Waals surface area contributed by atoms with Gasteiger partial charge in [-0.3, -0.25) is 4.79 Å². The second-order valence-corrected chi connectivity index (χ2v) is 6.27. The van der Waals surface area contributed by atoms with Crippen LogP contribution in [0.25, 0.3) is 0 Å². The van der Waals surface area contributed by atoms with Crippen LogP contribution in [0.1, 0.15) is 30.4 Å². The number of amides is 1. The fourth-order valence-corrected chi connectivity index (χ4v) is 4.06. The molecule has 4 rings (SSSR count). The van der Waals surface area contributed by atoms with Gasteiger partial charge < -0.3 is 10.6 Å². The molecule has 2 N–H and O–H groups in total. The van der Waals surface area contributed by atoms with Gasteiger partial charge in [0.1, 0.15) is 5.82 Å². The van der Waals surface area contributed by atoms with Crippen molar-refractivity contribution in [2.75, 3.05) is 11.9 Å². The van der Waals surface area contributed by atoms with Gasteiger partial charge in [-0.05, 0) is 54.8 Å². The summed E-state index contributed by atoms with van der Waals surface area (Å²) >= 11 is 0. The number of halogens is 2. The van der Waals surface area contributed by atoms with Crippen LogP contribution in [0, 0.1) is 23.6 Å². The number of benzene rings is 1. The van der Waals surface area contributed by atoms with Crippen LogP contribution < -0.4 is 10.6 Å². The molecule has 2 aliphatic carbocycles. The summed E-state index contributed by atoms with van der Waals surface area (Å²) in [6, 6.07) is 3.63. The summed E-state index contributed by atoms with van der Waals surface area (Å²) in [6.45, 7) is 1.52. The molecule has 0 aromatic heterocycles. The molecule has 0 saturated heterocycles.